The molecule has 1 unspecified atom stereocenters. The molecule has 0 bridgehead atoms. The number of nitrogens with zero attached hydrogens (tertiary/aromatic N) is 7. The normalized spacial score (nSPS) is 14.3. The SMILES string of the molecule is CCCCCCCCN(CCCCCC)c1nc(-c2cccc(OC)c2)c(N=C2C(C)=C(C#N)C(=O)n3nc(C(CC)CCCC)nc32)s1. The van der Waals surface area contributed by atoms with Crippen molar-refractivity contribution >= 4 is 33.1 Å². The van der Waals surface area contributed by atoms with Crippen LogP contribution in [0.1, 0.15) is 147 Å². The van der Waals surface area contributed by atoms with Crippen LogP contribution in [0, 0.1) is 11.3 Å². The number of fused-ring (bicyclic) bond motifs is 1. The fraction of sp³-hybridized carbons (Fsp3) is 0.590. The molecule has 0 N–H and O–H groups in total. The van der Waals surface area contributed by atoms with Gasteiger partial charge < -0.3 is 9.64 Å². The molecule has 4 rings (SSSR count). The van der Waals surface area contributed by atoms with Crippen LogP contribution in [-0.4, -0.2) is 51.6 Å². The highest BCUT2D eigenvalue weighted by atomic mass is 32.1. The lowest BCUT2D eigenvalue weighted by Gasteiger charge is -2.22. The van der Waals surface area contributed by atoms with Gasteiger partial charge >= 0.3 is 0 Å². The lowest BCUT2D eigenvalue weighted by atomic mass is 9.98. The van der Waals surface area contributed by atoms with Crippen LogP contribution in [-0.2, 0) is 0 Å². The standard InChI is InChI=1S/C39H55N7O2S/c1-7-11-14-16-17-19-25-45(24-18-15-12-8-2)39-42-34(30-22-20-23-31(26-30)48-6)37(49-39)41-33-28(5)32(27-40)38(47)46-36(33)43-35(44-46)29(10-4)21-13-9-3/h20,22-23,26,29H,7-19,21,24-25H2,1-6H3. The highest BCUT2D eigenvalue weighted by Gasteiger charge is 2.34. The second-order valence-corrected chi connectivity index (χ2v) is 14.0. The van der Waals surface area contributed by atoms with E-state index in [1.165, 1.54) is 56.0 Å². The average molecular weight is 686 g/mol. The fourth-order valence-corrected chi connectivity index (χ4v) is 7.29. The molecule has 1 atom stereocenters. The highest BCUT2D eigenvalue weighted by Crippen LogP contribution is 2.42. The molecule has 0 radical (unpaired) electrons. The van der Waals surface area contributed by atoms with Crippen LogP contribution in [0.3, 0.4) is 0 Å². The van der Waals surface area contributed by atoms with Crippen molar-refractivity contribution in [2.24, 2.45) is 4.99 Å². The molecule has 264 valence electrons. The molecule has 10 heteroatoms. The molecule has 9 nitrogen and oxygen atoms in total. The number of allylic oxidation sites excluding steroid dienone is 2. The average Bonchev–Trinajstić information content (AvgIpc) is 3.75. The van der Waals surface area contributed by atoms with Crippen LogP contribution in [0.25, 0.3) is 11.3 Å². The van der Waals surface area contributed by atoms with Crippen molar-refractivity contribution in [3.05, 3.63) is 47.1 Å². The molecular weight excluding hydrogens is 631 g/mol. The maximum absolute atomic E-state index is 13.5. The van der Waals surface area contributed by atoms with Crippen molar-refractivity contribution in [2.45, 2.75) is 130 Å². The molecule has 2 aromatic heterocycles. The molecule has 0 saturated heterocycles. The molecule has 0 fully saturated rings. The summed E-state index contributed by atoms with van der Waals surface area (Å²) in [5, 5.41) is 16.4. The van der Waals surface area contributed by atoms with Crippen LogP contribution < -0.4 is 9.64 Å². The number of ether oxygens (including phenoxy) is 1. The molecule has 0 saturated carbocycles. The Labute approximate surface area is 297 Å². The Kier molecular flexibility index (Phi) is 15.0. The van der Waals surface area contributed by atoms with E-state index in [0.29, 0.717) is 27.9 Å². The maximum atomic E-state index is 13.5. The third kappa shape index (κ3) is 9.66. The molecule has 0 spiro atoms. The number of hydrogen-bond donors (Lipinski definition) is 0. The minimum Gasteiger partial charge on any atom is -0.497 e. The number of carbonyl (C=O) groups is 1. The van der Waals surface area contributed by atoms with E-state index in [1.54, 1.807) is 25.4 Å². The predicted octanol–water partition coefficient (Wildman–Crippen LogP) is 10.5. The van der Waals surface area contributed by atoms with E-state index in [1.807, 2.05) is 24.3 Å². The summed E-state index contributed by atoms with van der Waals surface area (Å²) in [4.78, 5) is 31.3. The monoisotopic (exact) mass is 685 g/mol. The van der Waals surface area contributed by atoms with Gasteiger partial charge in [-0.05, 0) is 44.7 Å². The summed E-state index contributed by atoms with van der Waals surface area (Å²) in [7, 11) is 1.66. The zero-order valence-corrected chi connectivity index (χ0v) is 31.4. The van der Waals surface area contributed by atoms with Crippen molar-refractivity contribution in [1.82, 2.24) is 19.7 Å². The molecule has 1 aliphatic rings. The van der Waals surface area contributed by atoms with Crippen LogP contribution in [0.2, 0.25) is 0 Å². The maximum Gasteiger partial charge on any atom is 0.291 e. The van der Waals surface area contributed by atoms with Gasteiger partial charge in [0.25, 0.3) is 5.91 Å². The largest absolute Gasteiger partial charge is 0.497 e. The van der Waals surface area contributed by atoms with E-state index in [2.05, 4.69) is 43.8 Å². The molecule has 3 aromatic rings. The number of rotatable bonds is 21. The molecule has 3 heterocycles. The molecule has 1 aromatic carbocycles. The molecule has 0 aliphatic carbocycles. The first-order valence-corrected chi connectivity index (χ1v) is 19.3. The van der Waals surface area contributed by atoms with Crippen molar-refractivity contribution in [3.8, 4) is 23.1 Å². The third-order valence-corrected chi connectivity index (χ3v) is 10.3. The van der Waals surface area contributed by atoms with Crippen LogP contribution >= 0.6 is 11.3 Å². The topological polar surface area (TPSA) is 109 Å². The van der Waals surface area contributed by atoms with E-state index in [4.69, 9.17) is 19.7 Å². The van der Waals surface area contributed by atoms with E-state index in [9.17, 15) is 10.1 Å². The lowest BCUT2D eigenvalue weighted by molar-refractivity contribution is 0.0941. The Balaban J connectivity index is 1.82. The Morgan fingerprint density at radius 3 is 2.29 bits per heavy atom. The van der Waals surface area contributed by atoms with Crippen LogP contribution in [0.5, 0.6) is 5.75 Å². The Hall–Kier alpha value is -3.84. The van der Waals surface area contributed by atoms with Gasteiger partial charge in [0, 0.05) is 30.1 Å². The molecule has 49 heavy (non-hydrogen) atoms. The second-order valence-electron chi connectivity index (χ2n) is 13.0. The predicted molar refractivity (Wildman–Crippen MR) is 202 cm³/mol. The minimum absolute atomic E-state index is 0.0394. The molecule has 1 aliphatic heterocycles. The number of anilines is 1. The Bertz CT molecular complexity index is 1630. The number of hydrogen-bond acceptors (Lipinski definition) is 9. The van der Waals surface area contributed by atoms with Gasteiger partial charge in [-0.25, -0.2) is 15.0 Å². The number of unbranched alkanes of at least 4 members (excludes halogenated alkanes) is 9. The summed E-state index contributed by atoms with van der Waals surface area (Å²) >= 11 is 1.56. The number of thiazole rings is 1. The van der Waals surface area contributed by atoms with Crippen molar-refractivity contribution in [2.75, 3.05) is 25.1 Å². The first-order chi connectivity index (χ1) is 23.9. The summed E-state index contributed by atoms with van der Waals surface area (Å²) in [6, 6.07) is 10.0. The van der Waals surface area contributed by atoms with Gasteiger partial charge in [-0.1, -0.05) is 115 Å². The van der Waals surface area contributed by atoms with Gasteiger partial charge in [0.1, 0.15) is 33.8 Å². The van der Waals surface area contributed by atoms with Gasteiger partial charge in [0.15, 0.2) is 16.8 Å². The zero-order valence-electron chi connectivity index (χ0n) is 30.6. The first kappa shape index (κ1) is 38.0. The zero-order chi connectivity index (χ0) is 35.2. The van der Waals surface area contributed by atoms with E-state index >= 15 is 0 Å². The smallest absolute Gasteiger partial charge is 0.291 e. The summed E-state index contributed by atoms with van der Waals surface area (Å²) in [5.41, 5.74) is 2.68. The number of carbonyl (C=O) groups excluding carboxylic acids is 1. The van der Waals surface area contributed by atoms with Crippen molar-refractivity contribution in [3.63, 3.8) is 0 Å². The fourth-order valence-electron chi connectivity index (χ4n) is 6.27. The number of nitriles is 1. The summed E-state index contributed by atoms with van der Waals surface area (Å²) < 4.78 is 6.88. The quantitative estimate of drug-likeness (QED) is 0.103. The summed E-state index contributed by atoms with van der Waals surface area (Å²) in [5.74, 6) is 1.44. The van der Waals surface area contributed by atoms with Crippen LogP contribution in [0.4, 0.5) is 10.1 Å². The van der Waals surface area contributed by atoms with Gasteiger partial charge in [-0.3, -0.25) is 4.79 Å². The number of benzene rings is 1. The molecular formula is C39H55N7O2S. The van der Waals surface area contributed by atoms with Crippen molar-refractivity contribution < 1.29 is 9.53 Å². The first-order valence-electron chi connectivity index (χ1n) is 18.5. The van der Waals surface area contributed by atoms with Gasteiger partial charge in [0.05, 0.1) is 7.11 Å². The van der Waals surface area contributed by atoms with Gasteiger partial charge in [-0.2, -0.15) is 9.94 Å². The van der Waals surface area contributed by atoms with Crippen molar-refractivity contribution in [1.29, 1.82) is 5.26 Å². The van der Waals surface area contributed by atoms with Gasteiger partial charge in [0.2, 0.25) is 0 Å². The van der Waals surface area contributed by atoms with E-state index in [-0.39, 0.29) is 11.5 Å². The summed E-state index contributed by atoms with van der Waals surface area (Å²) in [6.07, 6.45) is 16.1. The number of aliphatic imine (C=N–C) groups is 1. The minimum atomic E-state index is -0.451. The summed E-state index contributed by atoms with van der Waals surface area (Å²) in [6.45, 7) is 12.5. The van der Waals surface area contributed by atoms with Crippen LogP contribution in [0.15, 0.2) is 40.4 Å². The highest BCUT2D eigenvalue weighted by molar-refractivity contribution is 7.19. The second kappa shape index (κ2) is 19.4. The lowest BCUT2D eigenvalue weighted by Crippen LogP contribution is -2.28. The van der Waals surface area contributed by atoms with E-state index in [0.717, 1.165) is 73.8 Å². The van der Waals surface area contributed by atoms with Gasteiger partial charge in [-0.15, -0.1) is 5.10 Å². The number of methoxy groups -OCH3 is 1. The van der Waals surface area contributed by atoms with E-state index < -0.39 is 5.91 Å². The molecule has 0 amide bonds. The number of aromatic nitrogens is 4. The Morgan fingerprint density at radius 2 is 1.63 bits per heavy atom. The third-order valence-electron chi connectivity index (χ3n) is 9.34. The Morgan fingerprint density at radius 1 is 0.959 bits per heavy atom.